The lowest BCUT2D eigenvalue weighted by Gasteiger charge is -2.11. The normalized spacial score (nSPS) is 23.0. The van der Waals surface area contributed by atoms with Gasteiger partial charge in [0, 0.05) is 29.6 Å². The fourth-order valence-electron chi connectivity index (χ4n) is 3.40. The second-order valence-corrected chi connectivity index (χ2v) is 7.35. The first-order valence-corrected chi connectivity index (χ1v) is 7.39. The van der Waals surface area contributed by atoms with E-state index in [9.17, 15) is 0 Å². The van der Waals surface area contributed by atoms with Crippen LogP contribution in [0, 0.1) is 10.8 Å². The maximum Gasteiger partial charge on any atom is 0.127 e. The van der Waals surface area contributed by atoms with Gasteiger partial charge in [-0.05, 0) is 28.5 Å². The summed E-state index contributed by atoms with van der Waals surface area (Å²) in [5.41, 5.74) is 3.16. The Kier molecular flexibility index (Phi) is 2.88. The fourth-order valence-corrected chi connectivity index (χ4v) is 3.66. The van der Waals surface area contributed by atoms with Crippen LogP contribution in [0.2, 0.25) is 5.02 Å². The molecule has 1 fully saturated rings. The lowest BCUT2D eigenvalue weighted by atomic mass is 10.0. The average Bonchev–Trinajstić information content (AvgIpc) is 2.70. The molecule has 1 aliphatic carbocycles. The van der Waals surface area contributed by atoms with Crippen LogP contribution in [0.3, 0.4) is 0 Å². The molecule has 2 aliphatic rings. The molecule has 1 aliphatic heterocycles. The molecule has 0 bridgehead atoms. The van der Waals surface area contributed by atoms with Crippen molar-refractivity contribution in [3.63, 3.8) is 0 Å². The number of hydrogen-bond donors (Lipinski definition) is 1. The van der Waals surface area contributed by atoms with E-state index < -0.39 is 0 Å². The Hall–Kier alpha value is -0.730. The van der Waals surface area contributed by atoms with Crippen LogP contribution in [0.4, 0.5) is 0 Å². The number of nitrogens with one attached hydrogen (secondary N) is 1. The van der Waals surface area contributed by atoms with E-state index in [4.69, 9.17) is 16.3 Å². The molecule has 3 rings (SSSR count). The SMILES string of the molecule is CC1(C)C(NCc2cc(Cl)cc3c2OCC3)C1(C)C. The highest BCUT2D eigenvalue weighted by atomic mass is 35.5. The van der Waals surface area contributed by atoms with Crippen LogP contribution in [-0.2, 0) is 13.0 Å². The highest BCUT2D eigenvalue weighted by molar-refractivity contribution is 6.30. The Morgan fingerprint density at radius 2 is 1.95 bits per heavy atom. The van der Waals surface area contributed by atoms with Crippen molar-refractivity contribution in [2.24, 2.45) is 10.8 Å². The van der Waals surface area contributed by atoms with Gasteiger partial charge in [-0.25, -0.2) is 0 Å². The minimum Gasteiger partial charge on any atom is -0.493 e. The molecule has 2 nitrogen and oxygen atoms in total. The zero-order chi connectivity index (χ0) is 13.8. The van der Waals surface area contributed by atoms with E-state index in [-0.39, 0.29) is 0 Å². The summed E-state index contributed by atoms with van der Waals surface area (Å²) < 4.78 is 5.74. The molecule has 0 spiro atoms. The molecule has 1 heterocycles. The molecule has 1 saturated carbocycles. The van der Waals surface area contributed by atoms with Crippen LogP contribution in [-0.4, -0.2) is 12.6 Å². The molecule has 0 atom stereocenters. The van der Waals surface area contributed by atoms with Gasteiger partial charge in [-0.3, -0.25) is 0 Å². The largest absolute Gasteiger partial charge is 0.493 e. The van der Waals surface area contributed by atoms with Crippen LogP contribution < -0.4 is 10.1 Å². The van der Waals surface area contributed by atoms with Crippen molar-refractivity contribution in [1.29, 1.82) is 0 Å². The summed E-state index contributed by atoms with van der Waals surface area (Å²) in [7, 11) is 0. The highest BCUT2D eigenvalue weighted by Crippen LogP contribution is 2.62. The smallest absolute Gasteiger partial charge is 0.127 e. The molecule has 0 amide bonds. The van der Waals surface area contributed by atoms with Gasteiger partial charge in [0.05, 0.1) is 6.61 Å². The van der Waals surface area contributed by atoms with Crippen molar-refractivity contribution >= 4 is 11.6 Å². The third kappa shape index (κ3) is 1.96. The number of fused-ring (bicyclic) bond motifs is 1. The monoisotopic (exact) mass is 279 g/mol. The zero-order valence-corrected chi connectivity index (χ0v) is 12.9. The van der Waals surface area contributed by atoms with Gasteiger partial charge >= 0.3 is 0 Å². The Morgan fingerprint density at radius 3 is 2.58 bits per heavy atom. The first-order valence-electron chi connectivity index (χ1n) is 7.01. The quantitative estimate of drug-likeness (QED) is 0.909. The van der Waals surface area contributed by atoms with E-state index in [0.717, 1.165) is 30.3 Å². The summed E-state index contributed by atoms with van der Waals surface area (Å²) in [6, 6.07) is 4.61. The van der Waals surface area contributed by atoms with Crippen molar-refractivity contribution in [2.45, 2.75) is 46.7 Å². The van der Waals surface area contributed by atoms with Crippen LogP contribution >= 0.6 is 11.6 Å². The molecule has 104 valence electrons. The topological polar surface area (TPSA) is 21.3 Å². The summed E-state index contributed by atoms with van der Waals surface area (Å²) in [5.74, 6) is 1.05. The van der Waals surface area contributed by atoms with Crippen molar-refractivity contribution < 1.29 is 4.74 Å². The zero-order valence-electron chi connectivity index (χ0n) is 12.1. The van der Waals surface area contributed by atoms with Crippen LogP contribution in [0.5, 0.6) is 5.75 Å². The van der Waals surface area contributed by atoms with Crippen molar-refractivity contribution in [3.8, 4) is 5.75 Å². The van der Waals surface area contributed by atoms with Gasteiger partial charge in [0.2, 0.25) is 0 Å². The molecule has 1 N–H and O–H groups in total. The Bertz CT molecular complexity index is 508. The van der Waals surface area contributed by atoms with Gasteiger partial charge in [-0.2, -0.15) is 0 Å². The molecule has 0 aromatic heterocycles. The van der Waals surface area contributed by atoms with E-state index in [2.05, 4.69) is 33.0 Å². The van der Waals surface area contributed by atoms with Gasteiger partial charge in [0.25, 0.3) is 0 Å². The highest BCUT2D eigenvalue weighted by Gasteiger charge is 2.64. The summed E-state index contributed by atoms with van der Waals surface area (Å²) in [6.45, 7) is 10.9. The predicted molar refractivity (Wildman–Crippen MR) is 78.8 cm³/mol. The third-order valence-corrected chi connectivity index (χ3v) is 5.56. The van der Waals surface area contributed by atoms with E-state index in [0.29, 0.717) is 16.9 Å². The van der Waals surface area contributed by atoms with Crippen molar-refractivity contribution in [2.75, 3.05) is 6.61 Å². The first kappa shape index (κ1) is 13.3. The van der Waals surface area contributed by atoms with E-state index >= 15 is 0 Å². The lowest BCUT2D eigenvalue weighted by molar-refractivity contribution is 0.352. The lowest BCUT2D eigenvalue weighted by Crippen LogP contribution is -2.22. The minimum absolute atomic E-state index is 0.357. The third-order valence-electron chi connectivity index (χ3n) is 5.34. The number of hydrogen-bond acceptors (Lipinski definition) is 2. The van der Waals surface area contributed by atoms with Gasteiger partial charge < -0.3 is 10.1 Å². The molecule has 0 unspecified atom stereocenters. The number of ether oxygens (including phenoxy) is 1. The molecule has 0 saturated heterocycles. The minimum atomic E-state index is 0.357. The second-order valence-electron chi connectivity index (χ2n) is 6.91. The Morgan fingerprint density at radius 1 is 1.26 bits per heavy atom. The van der Waals surface area contributed by atoms with Gasteiger partial charge in [0.15, 0.2) is 0 Å². The van der Waals surface area contributed by atoms with E-state index in [1.54, 1.807) is 0 Å². The number of benzene rings is 1. The Labute approximate surface area is 120 Å². The van der Waals surface area contributed by atoms with Crippen molar-refractivity contribution in [3.05, 3.63) is 28.3 Å². The molecule has 0 radical (unpaired) electrons. The molecule has 1 aromatic rings. The molecular formula is C16H22ClNO. The van der Waals surface area contributed by atoms with Crippen LogP contribution in [0.1, 0.15) is 38.8 Å². The Balaban J connectivity index is 1.76. The second kappa shape index (κ2) is 4.13. The van der Waals surface area contributed by atoms with Gasteiger partial charge in [0.1, 0.15) is 5.75 Å². The first-order chi connectivity index (χ1) is 8.84. The van der Waals surface area contributed by atoms with E-state index in [1.807, 2.05) is 12.1 Å². The van der Waals surface area contributed by atoms with Crippen LogP contribution in [0.15, 0.2) is 12.1 Å². The molecule has 3 heteroatoms. The molecule has 19 heavy (non-hydrogen) atoms. The summed E-state index contributed by atoms with van der Waals surface area (Å²) in [6.07, 6.45) is 0.976. The van der Waals surface area contributed by atoms with Crippen LogP contribution in [0.25, 0.3) is 0 Å². The fraction of sp³-hybridized carbons (Fsp3) is 0.625. The maximum atomic E-state index is 6.19. The number of halogens is 1. The van der Waals surface area contributed by atoms with E-state index in [1.165, 1.54) is 11.1 Å². The molecule has 1 aromatic carbocycles. The molecular weight excluding hydrogens is 258 g/mol. The maximum absolute atomic E-state index is 6.19. The standard InChI is InChI=1S/C16H22ClNO/c1-15(2)14(16(15,3)4)18-9-11-8-12(17)7-10-5-6-19-13(10)11/h7-8,14,18H,5-6,9H2,1-4H3. The number of rotatable bonds is 3. The summed E-state index contributed by atoms with van der Waals surface area (Å²) >= 11 is 6.19. The average molecular weight is 280 g/mol. The van der Waals surface area contributed by atoms with Gasteiger partial charge in [-0.15, -0.1) is 0 Å². The predicted octanol–water partition coefficient (Wildman–Crippen LogP) is 3.80. The summed E-state index contributed by atoms with van der Waals surface area (Å²) in [5, 5.41) is 4.49. The summed E-state index contributed by atoms with van der Waals surface area (Å²) in [4.78, 5) is 0. The van der Waals surface area contributed by atoms with Gasteiger partial charge in [-0.1, -0.05) is 39.3 Å². The van der Waals surface area contributed by atoms with Crippen molar-refractivity contribution in [1.82, 2.24) is 5.32 Å².